The molecule has 0 saturated heterocycles. The summed E-state index contributed by atoms with van der Waals surface area (Å²) in [4.78, 5) is 22.2. The molecular weight excluding hydrogens is 246 g/mol. The van der Waals surface area contributed by atoms with E-state index in [1.807, 2.05) is 0 Å². The Bertz CT molecular complexity index is 445. The molecule has 0 saturated carbocycles. The van der Waals surface area contributed by atoms with Gasteiger partial charge in [0, 0.05) is 5.02 Å². The molecule has 0 fully saturated rings. The lowest BCUT2D eigenvalue weighted by atomic mass is 10.1. The van der Waals surface area contributed by atoms with Crippen LogP contribution in [0.2, 0.25) is 5.02 Å². The Kier molecular flexibility index (Phi) is 3.96. The second-order valence-corrected chi connectivity index (χ2v) is 4.34. The summed E-state index contributed by atoms with van der Waals surface area (Å²) < 4.78 is 4.88. The fourth-order valence-electron chi connectivity index (χ4n) is 0.972. The van der Waals surface area contributed by atoms with Gasteiger partial charge >= 0.3 is 12.1 Å². The van der Waals surface area contributed by atoms with Crippen LogP contribution in [0.3, 0.4) is 0 Å². The Morgan fingerprint density at radius 2 is 2.06 bits per heavy atom. The molecule has 0 bridgehead atoms. The quantitative estimate of drug-likeness (QED) is 0.871. The van der Waals surface area contributed by atoms with Crippen molar-refractivity contribution in [2.75, 3.05) is 0 Å². The van der Waals surface area contributed by atoms with Crippen LogP contribution in [0.5, 0.6) is 5.75 Å². The Hall–Kier alpha value is -1.75. The first-order chi connectivity index (χ1) is 7.81. The van der Waals surface area contributed by atoms with Gasteiger partial charge in [-0.15, -0.1) is 0 Å². The summed E-state index contributed by atoms with van der Waals surface area (Å²) in [6, 6.07) is 6.24. The van der Waals surface area contributed by atoms with Crippen molar-refractivity contribution < 1.29 is 19.4 Å². The highest BCUT2D eigenvalue weighted by Gasteiger charge is 2.29. The number of carboxylic acids is 1. The van der Waals surface area contributed by atoms with Crippen molar-refractivity contribution in [1.29, 1.82) is 0 Å². The standard InChI is InChI=1S/C11H12ClNO4/c1-11(2,9(14)15)13-10(16)17-8-5-3-4-7(12)6-8/h3-6H,1-2H3,(H,13,16)(H,14,15). The van der Waals surface area contributed by atoms with Gasteiger partial charge in [0.2, 0.25) is 0 Å². The van der Waals surface area contributed by atoms with Crippen molar-refractivity contribution in [2.24, 2.45) is 0 Å². The SMILES string of the molecule is CC(C)(NC(=O)Oc1cccc(Cl)c1)C(=O)O. The number of hydrogen-bond donors (Lipinski definition) is 2. The number of ether oxygens (including phenoxy) is 1. The van der Waals surface area contributed by atoms with E-state index >= 15 is 0 Å². The van der Waals surface area contributed by atoms with Crippen molar-refractivity contribution >= 4 is 23.7 Å². The van der Waals surface area contributed by atoms with E-state index in [-0.39, 0.29) is 5.75 Å². The van der Waals surface area contributed by atoms with Crippen LogP contribution >= 0.6 is 11.6 Å². The molecule has 0 aliphatic rings. The monoisotopic (exact) mass is 257 g/mol. The summed E-state index contributed by atoms with van der Waals surface area (Å²) in [6.07, 6.45) is -0.848. The third-order valence-electron chi connectivity index (χ3n) is 1.96. The molecule has 17 heavy (non-hydrogen) atoms. The summed E-state index contributed by atoms with van der Waals surface area (Å²) in [7, 11) is 0. The fourth-order valence-corrected chi connectivity index (χ4v) is 1.15. The molecule has 1 rings (SSSR count). The van der Waals surface area contributed by atoms with E-state index in [1.165, 1.54) is 19.9 Å². The maximum absolute atomic E-state index is 11.4. The van der Waals surface area contributed by atoms with Crippen LogP contribution < -0.4 is 10.1 Å². The molecule has 0 aromatic heterocycles. The molecule has 0 aliphatic carbocycles. The Balaban J connectivity index is 2.65. The van der Waals surface area contributed by atoms with Crippen LogP contribution in [0.25, 0.3) is 0 Å². The third kappa shape index (κ3) is 3.96. The van der Waals surface area contributed by atoms with E-state index in [9.17, 15) is 9.59 Å². The Labute approximate surface area is 103 Å². The molecule has 0 atom stereocenters. The molecule has 1 aromatic carbocycles. The molecule has 5 nitrogen and oxygen atoms in total. The van der Waals surface area contributed by atoms with Gasteiger partial charge in [-0.1, -0.05) is 17.7 Å². The van der Waals surface area contributed by atoms with Gasteiger partial charge in [0.05, 0.1) is 0 Å². The van der Waals surface area contributed by atoms with Crippen molar-refractivity contribution in [2.45, 2.75) is 19.4 Å². The highest BCUT2D eigenvalue weighted by molar-refractivity contribution is 6.30. The maximum atomic E-state index is 11.4. The van der Waals surface area contributed by atoms with Gasteiger partial charge in [0.1, 0.15) is 11.3 Å². The molecule has 0 unspecified atom stereocenters. The van der Waals surface area contributed by atoms with E-state index in [2.05, 4.69) is 5.32 Å². The Morgan fingerprint density at radius 3 is 2.59 bits per heavy atom. The van der Waals surface area contributed by atoms with E-state index in [0.29, 0.717) is 5.02 Å². The number of hydrogen-bond acceptors (Lipinski definition) is 3. The number of halogens is 1. The number of benzene rings is 1. The summed E-state index contributed by atoms with van der Waals surface area (Å²) in [5, 5.41) is 11.5. The zero-order chi connectivity index (χ0) is 13.1. The molecule has 0 spiro atoms. The fraction of sp³-hybridized carbons (Fsp3) is 0.273. The summed E-state index contributed by atoms with van der Waals surface area (Å²) in [6.45, 7) is 2.71. The minimum Gasteiger partial charge on any atom is -0.480 e. The minimum absolute atomic E-state index is 0.246. The van der Waals surface area contributed by atoms with Crippen LogP contribution in [0.1, 0.15) is 13.8 Å². The van der Waals surface area contributed by atoms with Gasteiger partial charge in [-0.3, -0.25) is 0 Å². The van der Waals surface area contributed by atoms with Crippen LogP contribution in [0.15, 0.2) is 24.3 Å². The summed E-state index contributed by atoms with van der Waals surface area (Å²) in [5.41, 5.74) is -1.39. The lowest BCUT2D eigenvalue weighted by Gasteiger charge is -2.20. The van der Waals surface area contributed by atoms with Gasteiger partial charge in [0.25, 0.3) is 0 Å². The normalized spacial score (nSPS) is 10.8. The second-order valence-electron chi connectivity index (χ2n) is 3.90. The van der Waals surface area contributed by atoms with Gasteiger partial charge in [-0.2, -0.15) is 0 Å². The minimum atomic E-state index is -1.39. The van der Waals surface area contributed by atoms with E-state index in [1.54, 1.807) is 18.2 Å². The van der Waals surface area contributed by atoms with Crippen LogP contribution in [0, 0.1) is 0 Å². The van der Waals surface area contributed by atoms with Crippen molar-refractivity contribution in [3.63, 3.8) is 0 Å². The molecule has 0 radical (unpaired) electrons. The number of carbonyl (C=O) groups is 2. The van der Waals surface area contributed by atoms with E-state index < -0.39 is 17.6 Å². The first-order valence-corrected chi connectivity index (χ1v) is 5.18. The molecular formula is C11H12ClNO4. The average molecular weight is 258 g/mol. The highest BCUT2D eigenvalue weighted by Crippen LogP contribution is 2.17. The number of aliphatic carboxylic acids is 1. The van der Waals surface area contributed by atoms with Gasteiger partial charge in [-0.05, 0) is 32.0 Å². The number of nitrogens with one attached hydrogen (secondary N) is 1. The highest BCUT2D eigenvalue weighted by atomic mass is 35.5. The zero-order valence-corrected chi connectivity index (χ0v) is 10.1. The maximum Gasteiger partial charge on any atom is 0.413 e. The zero-order valence-electron chi connectivity index (χ0n) is 9.36. The first kappa shape index (κ1) is 13.3. The van der Waals surface area contributed by atoms with Crippen molar-refractivity contribution in [3.05, 3.63) is 29.3 Å². The largest absolute Gasteiger partial charge is 0.480 e. The van der Waals surface area contributed by atoms with Crippen LogP contribution in [-0.4, -0.2) is 22.7 Å². The smallest absolute Gasteiger partial charge is 0.413 e. The second kappa shape index (κ2) is 5.05. The molecule has 0 aliphatic heterocycles. The number of rotatable bonds is 3. The van der Waals surface area contributed by atoms with Crippen LogP contribution in [0.4, 0.5) is 4.79 Å². The lowest BCUT2D eigenvalue weighted by molar-refractivity contribution is -0.143. The van der Waals surface area contributed by atoms with Crippen molar-refractivity contribution in [3.8, 4) is 5.75 Å². The number of amides is 1. The number of carbonyl (C=O) groups excluding carboxylic acids is 1. The average Bonchev–Trinajstić information content (AvgIpc) is 2.15. The predicted molar refractivity (Wildman–Crippen MR) is 62.3 cm³/mol. The van der Waals surface area contributed by atoms with E-state index in [0.717, 1.165) is 0 Å². The molecule has 0 heterocycles. The molecule has 1 aromatic rings. The topological polar surface area (TPSA) is 75.6 Å². The molecule has 92 valence electrons. The van der Waals surface area contributed by atoms with Gasteiger partial charge in [0.15, 0.2) is 0 Å². The van der Waals surface area contributed by atoms with Gasteiger partial charge in [-0.25, -0.2) is 9.59 Å². The predicted octanol–water partition coefficient (Wildman–Crippen LogP) is 2.29. The summed E-state index contributed by atoms with van der Waals surface area (Å²) >= 11 is 5.71. The van der Waals surface area contributed by atoms with Crippen molar-refractivity contribution in [1.82, 2.24) is 5.32 Å². The van der Waals surface area contributed by atoms with E-state index in [4.69, 9.17) is 21.4 Å². The first-order valence-electron chi connectivity index (χ1n) is 4.80. The molecule has 2 N–H and O–H groups in total. The Morgan fingerprint density at radius 1 is 1.41 bits per heavy atom. The molecule has 1 amide bonds. The lowest BCUT2D eigenvalue weighted by Crippen LogP contribution is -2.50. The summed E-state index contributed by atoms with van der Waals surface area (Å²) in [5.74, 6) is -0.906. The van der Waals surface area contributed by atoms with Gasteiger partial charge < -0.3 is 15.2 Å². The molecule has 6 heteroatoms. The third-order valence-corrected chi connectivity index (χ3v) is 2.19. The number of carboxylic acid groups (broad SMARTS) is 1. The van der Waals surface area contributed by atoms with Crippen LogP contribution in [-0.2, 0) is 4.79 Å².